The summed E-state index contributed by atoms with van der Waals surface area (Å²) in [5.74, 6) is 1.38. The maximum atomic E-state index is 12.6. The van der Waals surface area contributed by atoms with Gasteiger partial charge in [-0.05, 0) is 40.5 Å². The lowest BCUT2D eigenvalue weighted by Crippen LogP contribution is -2.33. The molecule has 1 saturated carbocycles. The summed E-state index contributed by atoms with van der Waals surface area (Å²) in [7, 11) is 1.76. The first-order chi connectivity index (χ1) is 9.97. The number of rotatable bonds is 1. The van der Waals surface area contributed by atoms with Crippen LogP contribution in [0.2, 0.25) is 0 Å². The van der Waals surface area contributed by atoms with Crippen molar-refractivity contribution in [1.29, 1.82) is 0 Å². The molecule has 0 bridgehead atoms. The molecule has 21 heavy (non-hydrogen) atoms. The molecule has 110 valence electrons. The van der Waals surface area contributed by atoms with Gasteiger partial charge in [0.15, 0.2) is 0 Å². The number of aliphatic hydroxyl groups is 1. The minimum absolute atomic E-state index is 0.0273. The van der Waals surface area contributed by atoms with Crippen LogP contribution >= 0.6 is 15.9 Å². The van der Waals surface area contributed by atoms with Gasteiger partial charge in [-0.3, -0.25) is 9.36 Å². The molecule has 1 aliphatic carbocycles. The van der Waals surface area contributed by atoms with E-state index in [9.17, 15) is 9.90 Å². The van der Waals surface area contributed by atoms with Crippen LogP contribution in [0.5, 0.6) is 0 Å². The molecular weight excluding hydrogens is 334 g/mol. The van der Waals surface area contributed by atoms with E-state index < -0.39 is 0 Å². The summed E-state index contributed by atoms with van der Waals surface area (Å²) in [6.07, 6.45) is -0.159. The van der Waals surface area contributed by atoms with Crippen molar-refractivity contribution < 1.29 is 5.11 Å². The number of hydrogen-bond donors (Lipinski definition) is 1. The average Bonchev–Trinajstić information content (AvgIpc) is 2.87. The smallest absolute Gasteiger partial charge is 0.262 e. The van der Waals surface area contributed by atoms with E-state index in [1.807, 2.05) is 19.1 Å². The molecule has 1 saturated heterocycles. The largest absolute Gasteiger partial charge is 0.392 e. The Balaban J connectivity index is 1.87. The molecule has 0 radical (unpaired) electrons. The minimum Gasteiger partial charge on any atom is -0.392 e. The van der Waals surface area contributed by atoms with Gasteiger partial charge in [0.25, 0.3) is 5.56 Å². The molecule has 1 N–H and O–H groups in total. The monoisotopic (exact) mass is 349 g/mol. The fourth-order valence-electron chi connectivity index (χ4n) is 3.40. The topological polar surface area (TPSA) is 58.4 Å². The molecule has 2 aliphatic rings. The Morgan fingerprint density at radius 3 is 2.67 bits per heavy atom. The summed E-state index contributed by atoms with van der Waals surface area (Å²) in [6.45, 7) is 3.52. The molecule has 1 aliphatic heterocycles. The first-order valence-corrected chi connectivity index (χ1v) is 7.86. The second kappa shape index (κ2) is 4.30. The molecule has 1 unspecified atom stereocenters. The SMILES string of the molecule is Cc1cc(Br)c2nc(N3C[C@@H]4C(O)[C@@H]4C3)n(C)c(=O)c2c1. The van der Waals surface area contributed by atoms with E-state index in [1.165, 1.54) is 0 Å². The summed E-state index contributed by atoms with van der Waals surface area (Å²) in [5, 5.41) is 10.3. The van der Waals surface area contributed by atoms with Crippen molar-refractivity contribution in [2.45, 2.75) is 13.0 Å². The van der Waals surface area contributed by atoms with E-state index in [2.05, 4.69) is 20.8 Å². The molecule has 1 aromatic carbocycles. The van der Waals surface area contributed by atoms with Crippen molar-refractivity contribution >= 4 is 32.8 Å². The number of hydrogen-bond acceptors (Lipinski definition) is 4. The van der Waals surface area contributed by atoms with Crippen LogP contribution in [0.3, 0.4) is 0 Å². The van der Waals surface area contributed by atoms with E-state index in [0.717, 1.165) is 23.1 Å². The molecule has 2 heterocycles. The van der Waals surface area contributed by atoms with Gasteiger partial charge in [0.05, 0.1) is 17.0 Å². The lowest BCUT2D eigenvalue weighted by atomic mass is 10.2. The van der Waals surface area contributed by atoms with Crippen molar-refractivity contribution in [3.05, 3.63) is 32.5 Å². The lowest BCUT2D eigenvalue weighted by Gasteiger charge is -2.22. The van der Waals surface area contributed by atoms with Crippen LogP contribution in [0.25, 0.3) is 10.9 Å². The molecule has 6 heteroatoms. The van der Waals surface area contributed by atoms with Crippen LogP contribution < -0.4 is 10.5 Å². The van der Waals surface area contributed by atoms with Crippen LogP contribution in [-0.2, 0) is 7.05 Å². The fraction of sp³-hybridized carbons (Fsp3) is 0.467. The number of halogens is 1. The Bertz CT molecular complexity index is 805. The van der Waals surface area contributed by atoms with Crippen molar-refractivity contribution in [1.82, 2.24) is 9.55 Å². The van der Waals surface area contributed by atoms with Crippen molar-refractivity contribution in [2.75, 3.05) is 18.0 Å². The van der Waals surface area contributed by atoms with E-state index >= 15 is 0 Å². The number of aliphatic hydroxyl groups excluding tert-OH is 1. The van der Waals surface area contributed by atoms with Crippen LogP contribution in [0.4, 0.5) is 5.95 Å². The van der Waals surface area contributed by atoms with Gasteiger partial charge in [-0.1, -0.05) is 0 Å². The van der Waals surface area contributed by atoms with Crippen molar-refractivity contribution in [3.63, 3.8) is 0 Å². The highest BCUT2D eigenvalue weighted by Crippen LogP contribution is 2.46. The standard InChI is InChI=1S/C15H16BrN3O2/c1-7-3-8-12(11(16)4-7)17-15(18(2)14(8)21)19-5-9-10(6-19)13(9)20/h3-4,9-10,13,20H,5-6H2,1-2H3/t9-,10+,13?. The maximum absolute atomic E-state index is 12.6. The van der Waals surface area contributed by atoms with Crippen LogP contribution in [0.1, 0.15) is 5.56 Å². The highest BCUT2D eigenvalue weighted by molar-refractivity contribution is 9.10. The Labute approximate surface area is 130 Å². The third kappa shape index (κ3) is 1.85. The maximum Gasteiger partial charge on any atom is 0.262 e. The van der Waals surface area contributed by atoms with Gasteiger partial charge in [-0.15, -0.1) is 0 Å². The number of nitrogens with zero attached hydrogens (tertiary/aromatic N) is 3. The van der Waals surface area contributed by atoms with E-state index in [0.29, 0.717) is 28.7 Å². The molecule has 5 nitrogen and oxygen atoms in total. The first-order valence-electron chi connectivity index (χ1n) is 7.07. The summed E-state index contributed by atoms with van der Waals surface area (Å²) < 4.78 is 2.46. The summed E-state index contributed by atoms with van der Waals surface area (Å²) in [5.41, 5.74) is 1.71. The molecule has 2 fully saturated rings. The van der Waals surface area contributed by atoms with Gasteiger partial charge in [0.1, 0.15) is 0 Å². The predicted molar refractivity (Wildman–Crippen MR) is 84.6 cm³/mol. The van der Waals surface area contributed by atoms with Crippen LogP contribution in [0.15, 0.2) is 21.4 Å². The quantitative estimate of drug-likeness (QED) is 0.846. The third-order valence-electron chi connectivity index (χ3n) is 4.69. The summed E-state index contributed by atoms with van der Waals surface area (Å²) in [6, 6.07) is 3.86. The second-order valence-electron chi connectivity index (χ2n) is 6.14. The van der Waals surface area contributed by atoms with Crippen molar-refractivity contribution in [3.8, 4) is 0 Å². The molecule has 2 aromatic rings. The van der Waals surface area contributed by atoms with Gasteiger partial charge >= 0.3 is 0 Å². The molecule has 0 spiro atoms. The molecule has 1 aromatic heterocycles. The minimum atomic E-state index is -0.159. The normalized spacial score (nSPS) is 27.2. The molecule has 4 rings (SSSR count). The molecule has 3 atom stereocenters. The van der Waals surface area contributed by atoms with Gasteiger partial charge in [0, 0.05) is 36.4 Å². The lowest BCUT2D eigenvalue weighted by molar-refractivity contribution is 0.241. The number of aromatic nitrogens is 2. The van der Waals surface area contributed by atoms with E-state index in [1.54, 1.807) is 11.6 Å². The van der Waals surface area contributed by atoms with Gasteiger partial charge in [0.2, 0.25) is 5.95 Å². The second-order valence-corrected chi connectivity index (χ2v) is 7.00. The zero-order chi connectivity index (χ0) is 14.9. The van der Waals surface area contributed by atoms with E-state index in [4.69, 9.17) is 4.98 Å². The molecule has 0 amide bonds. The zero-order valence-corrected chi connectivity index (χ0v) is 13.5. The van der Waals surface area contributed by atoms with Gasteiger partial charge in [-0.25, -0.2) is 4.98 Å². The predicted octanol–water partition coefficient (Wildman–Crippen LogP) is 1.43. The third-order valence-corrected chi connectivity index (χ3v) is 5.29. The van der Waals surface area contributed by atoms with Gasteiger partial charge < -0.3 is 10.0 Å². The van der Waals surface area contributed by atoms with Crippen molar-refractivity contribution in [2.24, 2.45) is 18.9 Å². The number of aryl methyl sites for hydroxylation is 1. The van der Waals surface area contributed by atoms with E-state index in [-0.39, 0.29) is 11.7 Å². The Morgan fingerprint density at radius 2 is 2.00 bits per heavy atom. The highest BCUT2D eigenvalue weighted by Gasteiger charge is 2.55. The van der Waals surface area contributed by atoms with Gasteiger partial charge in [-0.2, -0.15) is 0 Å². The summed E-state index contributed by atoms with van der Waals surface area (Å²) in [4.78, 5) is 19.4. The van der Waals surface area contributed by atoms with Crippen LogP contribution in [0, 0.1) is 18.8 Å². The average molecular weight is 350 g/mol. The number of anilines is 1. The Morgan fingerprint density at radius 1 is 1.33 bits per heavy atom. The highest BCUT2D eigenvalue weighted by atomic mass is 79.9. The van der Waals surface area contributed by atoms with Crippen LogP contribution in [-0.4, -0.2) is 33.9 Å². The fourth-order valence-corrected chi connectivity index (χ4v) is 4.06. The number of fused-ring (bicyclic) bond motifs is 2. The summed E-state index contributed by atoms with van der Waals surface area (Å²) >= 11 is 3.51. The molecular formula is C15H16BrN3O2. The number of piperidine rings is 1. The zero-order valence-electron chi connectivity index (χ0n) is 11.9. The Kier molecular flexibility index (Phi) is 2.72. The Hall–Kier alpha value is -1.40. The number of benzene rings is 1. The first kappa shape index (κ1) is 13.3.